The summed E-state index contributed by atoms with van der Waals surface area (Å²) in [5.41, 5.74) is -1.37. The van der Waals surface area contributed by atoms with E-state index in [2.05, 4.69) is 10.5 Å². The molecular formula is C18H21F3KN2O9PS. The van der Waals surface area contributed by atoms with E-state index in [-0.39, 0.29) is 69.9 Å². The Morgan fingerprint density at radius 1 is 1.26 bits per heavy atom. The number of carbonyl (C=O) groups excluding carboxylic acids is 1. The van der Waals surface area contributed by atoms with Gasteiger partial charge in [-0.15, -0.1) is 0 Å². The van der Waals surface area contributed by atoms with Crippen LogP contribution in [0.3, 0.4) is 0 Å². The van der Waals surface area contributed by atoms with Crippen LogP contribution < -0.4 is 56.7 Å². The van der Waals surface area contributed by atoms with Gasteiger partial charge in [0.05, 0.1) is 35.0 Å². The predicted molar refractivity (Wildman–Crippen MR) is 110 cm³/mol. The minimum absolute atomic E-state index is 0. The Balaban J connectivity index is 0.000000879. The minimum Gasteiger partial charge on any atom is -1.00 e. The molecule has 1 aliphatic carbocycles. The van der Waals surface area contributed by atoms with Crippen molar-refractivity contribution in [3.8, 4) is 0 Å². The van der Waals surface area contributed by atoms with E-state index in [9.17, 15) is 35.7 Å². The number of hydrogen-bond acceptors (Lipinski definition) is 8. The molecule has 1 aromatic heterocycles. The van der Waals surface area contributed by atoms with E-state index in [1.165, 1.54) is 6.20 Å². The molecule has 0 radical (unpaired) electrons. The number of nitrogens with zero attached hydrogens (tertiary/aromatic N) is 1. The second kappa shape index (κ2) is 12.5. The van der Waals surface area contributed by atoms with Crippen LogP contribution in [-0.4, -0.2) is 59.3 Å². The number of benzene rings is 1. The van der Waals surface area contributed by atoms with E-state index < -0.39 is 58.7 Å². The Kier molecular flexibility index (Phi) is 11.5. The van der Waals surface area contributed by atoms with Crippen molar-refractivity contribution in [2.45, 2.75) is 29.8 Å². The second-order valence-corrected chi connectivity index (χ2v) is 11.0. The molecule has 0 spiro atoms. The molecular weight excluding hydrogens is 547 g/mol. The van der Waals surface area contributed by atoms with Gasteiger partial charge in [0.25, 0.3) is 0 Å². The first-order valence-electron chi connectivity index (χ1n) is 9.38. The van der Waals surface area contributed by atoms with Crippen molar-refractivity contribution in [1.82, 2.24) is 10.5 Å². The molecule has 1 heterocycles. The van der Waals surface area contributed by atoms with Gasteiger partial charge in [-0.05, 0) is 31.0 Å². The van der Waals surface area contributed by atoms with Gasteiger partial charge in [-0.3, -0.25) is 19.5 Å². The Bertz CT molecular complexity index is 1230. The van der Waals surface area contributed by atoms with Crippen LogP contribution >= 0.6 is 7.60 Å². The van der Waals surface area contributed by atoms with E-state index in [1.54, 1.807) is 0 Å². The van der Waals surface area contributed by atoms with Crippen molar-refractivity contribution in [1.29, 1.82) is 0 Å². The zero-order chi connectivity index (χ0) is 25.9. The van der Waals surface area contributed by atoms with Crippen LogP contribution in [0.1, 0.15) is 47.4 Å². The molecule has 1 aliphatic rings. The minimum atomic E-state index is -4.71. The number of alkyl halides is 3. The van der Waals surface area contributed by atoms with E-state index in [0.29, 0.717) is 17.9 Å². The molecule has 1 fully saturated rings. The SMILES string of the molecule is CS(=O)(=O)c1cc(C(F)(F)F)ccc1C(=O)c1cnoc1C1CC1.O=C(O)CNCP(=O)(O)O.[H-].[K+]. The number of carboxylic acids is 1. The molecule has 0 saturated heterocycles. The molecule has 1 aromatic carbocycles. The fraction of sp³-hybridized carbons (Fsp3) is 0.389. The maximum absolute atomic E-state index is 12.8. The smallest absolute Gasteiger partial charge is 1.00 e. The number of rotatable bonds is 8. The first-order valence-corrected chi connectivity index (χ1v) is 13.1. The van der Waals surface area contributed by atoms with Crippen LogP contribution in [0.2, 0.25) is 0 Å². The summed E-state index contributed by atoms with van der Waals surface area (Å²) in [6.07, 6.45) is -1.74. The number of ketones is 1. The summed E-state index contributed by atoms with van der Waals surface area (Å²) < 4.78 is 77.4. The Hall–Kier alpha value is -0.944. The van der Waals surface area contributed by atoms with Crippen molar-refractivity contribution in [3.63, 3.8) is 0 Å². The summed E-state index contributed by atoms with van der Waals surface area (Å²) in [4.78, 5) is 38.1. The van der Waals surface area contributed by atoms with Gasteiger partial charge in [-0.25, -0.2) is 8.42 Å². The van der Waals surface area contributed by atoms with Crippen LogP contribution in [0.5, 0.6) is 0 Å². The Morgan fingerprint density at radius 3 is 2.31 bits per heavy atom. The zero-order valence-electron chi connectivity index (χ0n) is 19.4. The Labute approximate surface area is 241 Å². The normalized spacial score (nSPS) is 13.9. The van der Waals surface area contributed by atoms with E-state index in [1.807, 2.05) is 0 Å². The van der Waals surface area contributed by atoms with Crippen LogP contribution in [0, 0.1) is 0 Å². The fourth-order valence-corrected chi connectivity index (χ4v) is 4.01. The average molecular weight is 569 g/mol. The zero-order valence-corrected chi connectivity index (χ0v) is 23.3. The maximum atomic E-state index is 12.8. The summed E-state index contributed by atoms with van der Waals surface area (Å²) in [5, 5.41) is 13.6. The monoisotopic (exact) mass is 568 g/mol. The van der Waals surface area contributed by atoms with Crippen molar-refractivity contribution < 1.29 is 108 Å². The van der Waals surface area contributed by atoms with Crippen LogP contribution in [0.15, 0.2) is 33.8 Å². The van der Waals surface area contributed by atoms with Gasteiger partial charge < -0.3 is 20.8 Å². The van der Waals surface area contributed by atoms with E-state index >= 15 is 0 Å². The summed E-state index contributed by atoms with van der Waals surface area (Å²) in [7, 11) is -8.14. The van der Waals surface area contributed by atoms with Crippen molar-refractivity contribution in [2.24, 2.45) is 0 Å². The average Bonchev–Trinajstić information content (AvgIpc) is 3.41. The number of aromatic nitrogens is 1. The number of halogens is 3. The standard InChI is InChI=1S/C15H12F3NO4S.C3H8NO5P.K.H/c1-24(21,22)12-6-9(15(16,17)18)4-5-10(12)13(20)11-7-19-23-14(11)8-2-3-8;5-3(6)1-4-2-10(7,8)9;;/h4-8H,2-3H2,1H3;4H,1-2H2,(H,5,6)(H2,7,8,9);;/q;;+1;-1. The van der Waals surface area contributed by atoms with Gasteiger partial charge in [0, 0.05) is 17.7 Å². The summed E-state index contributed by atoms with van der Waals surface area (Å²) >= 11 is 0. The van der Waals surface area contributed by atoms with Gasteiger partial charge >= 0.3 is 71.1 Å². The van der Waals surface area contributed by atoms with E-state index in [4.69, 9.17) is 19.4 Å². The molecule has 0 atom stereocenters. The maximum Gasteiger partial charge on any atom is 1.00 e. The summed E-state index contributed by atoms with van der Waals surface area (Å²) in [5.74, 6) is -1.47. The third-order valence-electron chi connectivity index (χ3n) is 4.34. The third-order valence-corrected chi connectivity index (χ3v) is 6.11. The van der Waals surface area contributed by atoms with Gasteiger partial charge in [0.1, 0.15) is 0 Å². The van der Waals surface area contributed by atoms with Gasteiger partial charge in [0.2, 0.25) is 0 Å². The summed E-state index contributed by atoms with van der Waals surface area (Å²) in [6, 6.07) is 2.05. The number of carbonyl (C=O) groups is 2. The van der Waals surface area contributed by atoms with Crippen molar-refractivity contribution in [2.75, 3.05) is 19.1 Å². The molecule has 0 unspecified atom stereocenters. The van der Waals surface area contributed by atoms with E-state index in [0.717, 1.165) is 25.2 Å². The van der Waals surface area contributed by atoms with Gasteiger partial charge in [-0.2, -0.15) is 13.2 Å². The van der Waals surface area contributed by atoms with Crippen molar-refractivity contribution >= 4 is 29.2 Å². The van der Waals surface area contributed by atoms with Gasteiger partial charge in [0.15, 0.2) is 21.4 Å². The predicted octanol–water partition coefficient (Wildman–Crippen LogP) is -0.882. The molecule has 190 valence electrons. The molecule has 0 aliphatic heterocycles. The third kappa shape index (κ3) is 10.1. The number of hydrogen-bond donors (Lipinski definition) is 4. The first kappa shape index (κ1) is 32.1. The quantitative estimate of drug-likeness (QED) is 0.176. The molecule has 0 bridgehead atoms. The fourth-order valence-electron chi connectivity index (χ4n) is 2.71. The molecule has 11 nitrogen and oxygen atoms in total. The number of carboxylic acid groups (broad SMARTS) is 1. The second-order valence-electron chi connectivity index (χ2n) is 7.33. The summed E-state index contributed by atoms with van der Waals surface area (Å²) in [6.45, 7) is -0.439. The number of sulfone groups is 1. The number of aliphatic carboxylic acids is 1. The van der Waals surface area contributed by atoms with Crippen molar-refractivity contribution in [3.05, 3.63) is 46.8 Å². The molecule has 0 amide bonds. The van der Waals surface area contributed by atoms with Crippen LogP contribution in [-0.2, 0) is 25.4 Å². The molecule has 4 N–H and O–H groups in total. The topological polar surface area (TPSA) is 184 Å². The molecule has 3 rings (SSSR count). The van der Waals surface area contributed by atoms with Gasteiger partial charge in [-0.1, -0.05) is 5.16 Å². The molecule has 17 heteroatoms. The molecule has 35 heavy (non-hydrogen) atoms. The largest absolute Gasteiger partial charge is 1.00 e. The van der Waals surface area contributed by atoms with Crippen LogP contribution in [0.4, 0.5) is 13.2 Å². The van der Waals surface area contributed by atoms with Crippen LogP contribution in [0.25, 0.3) is 0 Å². The Morgan fingerprint density at radius 2 is 1.86 bits per heavy atom. The molecule has 1 saturated carbocycles. The first-order chi connectivity index (χ1) is 15.5. The number of nitrogens with one attached hydrogen (secondary N) is 1. The molecule has 2 aromatic rings.